The first-order valence-electron chi connectivity index (χ1n) is 6.25. The van der Waals surface area contributed by atoms with Gasteiger partial charge in [0.05, 0.1) is 0 Å². The van der Waals surface area contributed by atoms with E-state index in [1.165, 1.54) is 25.7 Å². The van der Waals surface area contributed by atoms with E-state index in [0.717, 1.165) is 25.3 Å². The van der Waals surface area contributed by atoms with Crippen molar-refractivity contribution in [1.82, 2.24) is 5.32 Å². The molecule has 1 rings (SSSR count). The van der Waals surface area contributed by atoms with Gasteiger partial charge in [0.15, 0.2) is 0 Å². The van der Waals surface area contributed by atoms with E-state index in [2.05, 4.69) is 5.32 Å². The maximum absolute atomic E-state index is 11.6. The lowest BCUT2D eigenvalue weighted by molar-refractivity contribution is -0.124. The molecule has 0 saturated heterocycles. The van der Waals surface area contributed by atoms with E-state index >= 15 is 0 Å². The minimum absolute atomic E-state index is 0.00794. The number of carbonyl (C=O) groups is 1. The van der Waals surface area contributed by atoms with Gasteiger partial charge in [-0.15, -0.1) is 0 Å². The summed E-state index contributed by atoms with van der Waals surface area (Å²) < 4.78 is 0. The van der Waals surface area contributed by atoms with Crippen LogP contribution in [-0.4, -0.2) is 19.0 Å². The highest BCUT2D eigenvalue weighted by atomic mass is 16.1. The van der Waals surface area contributed by atoms with Crippen molar-refractivity contribution in [2.75, 3.05) is 13.1 Å². The normalized spacial score (nSPS) is 19.1. The highest BCUT2D eigenvalue weighted by Gasteiger charge is 2.17. The summed E-state index contributed by atoms with van der Waals surface area (Å²) in [4.78, 5) is 11.6. The van der Waals surface area contributed by atoms with Crippen LogP contribution in [0.15, 0.2) is 0 Å². The van der Waals surface area contributed by atoms with Crippen molar-refractivity contribution >= 4 is 5.91 Å². The number of nitrogens with two attached hydrogens (primary N) is 1. The van der Waals surface area contributed by atoms with Crippen molar-refractivity contribution in [2.24, 2.45) is 17.6 Å². The van der Waals surface area contributed by atoms with Gasteiger partial charge in [-0.1, -0.05) is 32.6 Å². The Morgan fingerprint density at radius 3 is 2.67 bits per heavy atom. The minimum atomic E-state index is 0.00794. The average molecular weight is 212 g/mol. The van der Waals surface area contributed by atoms with Crippen LogP contribution in [-0.2, 0) is 4.79 Å². The van der Waals surface area contributed by atoms with Gasteiger partial charge in [0.2, 0.25) is 5.91 Å². The summed E-state index contributed by atoms with van der Waals surface area (Å²) in [6, 6.07) is 0. The molecule has 15 heavy (non-hydrogen) atoms. The SMILES string of the molecule is CCC(CN)C(=O)NCCC1CCCC1. The first kappa shape index (κ1) is 12.5. The molecule has 0 aliphatic heterocycles. The standard InChI is InChI=1S/C12H24N2O/c1-2-11(9-13)12(15)14-8-7-10-5-3-4-6-10/h10-11H,2-9,13H2,1H3,(H,14,15). The number of nitrogens with one attached hydrogen (secondary N) is 1. The summed E-state index contributed by atoms with van der Waals surface area (Å²) in [5.41, 5.74) is 5.52. The summed E-state index contributed by atoms with van der Waals surface area (Å²) in [5, 5.41) is 2.99. The second kappa shape index (κ2) is 6.83. The van der Waals surface area contributed by atoms with Crippen LogP contribution in [0.1, 0.15) is 45.4 Å². The molecule has 0 aromatic heterocycles. The zero-order valence-corrected chi connectivity index (χ0v) is 9.80. The molecule has 0 heterocycles. The van der Waals surface area contributed by atoms with E-state index < -0.39 is 0 Å². The quantitative estimate of drug-likeness (QED) is 0.703. The third kappa shape index (κ3) is 4.20. The van der Waals surface area contributed by atoms with Crippen LogP contribution in [0, 0.1) is 11.8 Å². The van der Waals surface area contributed by atoms with Crippen molar-refractivity contribution in [3.8, 4) is 0 Å². The highest BCUT2D eigenvalue weighted by molar-refractivity contribution is 5.78. The number of hydrogen-bond acceptors (Lipinski definition) is 2. The smallest absolute Gasteiger partial charge is 0.224 e. The van der Waals surface area contributed by atoms with E-state index in [-0.39, 0.29) is 11.8 Å². The van der Waals surface area contributed by atoms with E-state index in [0.29, 0.717) is 6.54 Å². The predicted molar refractivity (Wildman–Crippen MR) is 62.4 cm³/mol. The molecule has 0 spiro atoms. The van der Waals surface area contributed by atoms with Gasteiger partial charge in [0, 0.05) is 19.0 Å². The molecule has 88 valence electrons. The Bertz CT molecular complexity index is 184. The van der Waals surface area contributed by atoms with Crippen LogP contribution in [0.2, 0.25) is 0 Å². The fourth-order valence-corrected chi connectivity index (χ4v) is 2.30. The fourth-order valence-electron chi connectivity index (χ4n) is 2.30. The molecule has 3 nitrogen and oxygen atoms in total. The average Bonchev–Trinajstić information content (AvgIpc) is 2.72. The van der Waals surface area contributed by atoms with Crippen molar-refractivity contribution in [1.29, 1.82) is 0 Å². The summed E-state index contributed by atoms with van der Waals surface area (Å²) in [6.07, 6.45) is 7.43. The molecule has 1 unspecified atom stereocenters. The Morgan fingerprint density at radius 2 is 2.13 bits per heavy atom. The van der Waals surface area contributed by atoms with Crippen LogP contribution >= 0.6 is 0 Å². The molecule has 1 aliphatic rings. The van der Waals surface area contributed by atoms with E-state index in [1.54, 1.807) is 0 Å². The number of carbonyl (C=O) groups excluding carboxylic acids is 1. The first-order valence-corrected chi connectivity index (χ1v) is 6.25. The maximum Gasteiger partial charge on any atom is 0.224 e. The molecule has 0 bridgehead atoms. The first-order chi connectivity index (χ1) is 7.27. The Morgan fingerprint density at radius 1 is 1.47 bits per heavy atom. The molecule has 1 saturated carbocycles. The van der Waals surface area contributed by atoms with Gasteiger partial charge in [-0.3, -0.25) is 4.79 Å². The molecule has 1 fully saturated rings. The molecule has 1 atom stereocenters. The summed E-state index contributed by atoms with van der Waals surface area (Å²) in [6.45, 7) is 3.31. The van der Waals surface area contributed by atoms with Gasteiger partial charge < -0.3 is 11.1 Å². The monoisotopic (exact) mass is 212 g/mol. The third-order valence-electron chi connectivity index (χ3n) is 3.47. The van der Waals surface area contributed by atoms with Crippen molar-refractivity contribution in [3.05, 3.63) is 0 Å². The van der Waals surface area contributed by atoms with Gasteiger partial charge >= 0.3 is 0 Å². The molecular weight excluding hydrogens is 188 g/mol. The molecule has 0 radical (unpaired) electrons. The minimum Gasteiger partial charge on any atom is -0.356 e. The summed E-state index contributed by atoms with van der Waals surface area (Å²) >= 11 is 0. The van der Waals surface area contributed by atoms with Gasteiger partial charge in [-0.05, 0) is 18.8 Å². The second-order valence-corrected chi connectivity index (χ2v) is 4.57. The second-order valence-electron chi connectivity index (χ2n) is 4.57. The van der Waals surface area contributed by atoms with E-state index in [9.17, 15) is 4.79 Å². The maximum atomic E-state index is 11.6. The number of rotatable bonds is 6. The number of amides is 1. The van der Waals surface area contributed by atoms with Crippen molar-refractivity contribution in [3.63, 3.8) is 0 Å². The van der Waals surface area contributed by atoms with Gasteiger partial charge in [-0.2, -0.15) is 0 Å². The number of hydrogen-bond donors (Lipinski definition) is 2. The highest BCUT2D eigenvalue weighted by Crippen LogP contribution is 2.26. The van der Waals surface area contributed by atoms with Crippen molar-refractivity contribution < 1.29 is 4.79 Å². The lowest BCUT2D eigenvalue weighted by atomic mass is 10.0. The van der Waals surface area contributed by atoms with Crippen LogP contribution < -0.4 is 11.1 Å². The molecule has 0 aromatic carbocycles. The fraction of sp³-hybridized carbons (Fsp3) is 0.917. The van der Waals surface area contributed by atoms with Crippen LogP contribution in [0.3, 0.4) is 0 Å². The van der Waals surface area contributed by atoms with Crippen LogP contribution in [0.5, 0.6) is 0 Å². The molecule has 0 aromatic rings. The zero-order valence-electron chi connectivity index (χ0n) is 9.80. The van der Waals surface area contributed by atoms with Gasteiger partial charge in [0.1, 0.15) is 0 Å². The largest absolute Gasteiger partial charge is 0.356 e. The Hall–Kier alpha value is -0.570. The predicted octanol–water partition coefficient (Wildman–Crippen LogP) is 1.67. The lowest BCUT2D eigenvalue weighted by Gasteiger charge is -2.14. The Labute approximate surface area is 92.8 Å². The van der Waals surface area contributed by atoms with E-state index in [4.69, 9.17) is 5.73 Å². The van der Waals surface area contributed by atoms with Gasteiger partial charge in [0.25, 0.3) is 0 Å². The molecule has 3 heteroatoms. The third-order valence-corrected chi connectivity index (χ3v) is 3.47. The molecule has 1 amide bonds. The Balaban J connectivity index is 2.10. The Kier molecular flexibility index (Phi) is 5.69. The molecule has 1 aliphatic carbocycles. The lowest BCUT2D eigenvalue weighted by Crippen LogP contribution is -2.35. The zero-order chi connectivity index (χ0) is 11.1. The van der Waals surface area contributed by atoms with Gasteiger partial charge in [-0.25, -0.2) is 0 Å². The molecular formula is C12H24N2O. The topological polar surface area (TPSA) is 55.1 Å². The summed E-state index contributed by atoms with van der Waals surface area (Å²) in [7, 11) is 0. The summed E-state index contributed by atoms with van der Waals surface area (Å²) in [5.74, 6) is 0.995. The van der Waals surface area contributed by atoms with E-state index in [1.807, 2.05) is 6.92 Å². The van der Waals surface area contributed by atoms with Crippen LogP contribution in [0.4, 0.5) is 0 Å². The van der Waals surface area contributed by atoms with Crippen molar-refractivity contribution in [2.45, 2.75) is 45.4 Å². The molecule has 3 N–H and O–H groups in total. The van der Waals surface area contributed by atoms with Crippen LogP contribution in [0.25, 0.3) is 0 Å².